The summed E-state index contributed by atoms with van der Waals surface area (Å²) in [6.07, 6.45) is 3.09. The SMILES string of the molecule is Cc1sc2ncn(CC(=O)Nc3ccnn3Cc3ccc(C(C)(C)C)cc3)c(=O)c2c1C. The molecule has 0 saturated carbocycles. The lowest BCUT2D eigenvalue weighted by atomic mass is 9.87. The summed E-state index contributed by atoms with van der Waals surface area (Å²) in [5, 5.41) is 7.79. The molecule has 0 saturated heterocycles. The van der Waals surface area contributed by atoms with Crippen LogP contribution in [0.25, 0.3) is 10.2 Å². The van der Waals surface area contributed by atoms with Gasteiger partial charge in [-0.25, -0.2) is 9.67 Å². The summed E-state index contributed by atoms with van der Waals surface area (Å²) < 4.78 is 3.09. The summed E-state index contributed by atoms with van der Waals surface area (Å²) in [5.41, 5.74) is 3.18. The Bertz CT molecular complexity index is 1340. The van der Waals surface area contributed by atoms with Gasteiger partial charge in [0.2, 0.25) is 5.91 Å². The number of nitrogens with zero attached hydrogens (tertiary/aromatic N) is 4. The predicted octanol–water partition coefficient (Wildman–Crippen LogP) is 4.26. The van der Waals surface area contributed by atoms with E-state index in [4.69, 9.17) is 0 Å². The smallest absolute Gasteiger partial charge is 0.262 e. The van der Waals surface area contributed by atoms with Gasteiger partial charge in [0.1, 0.15) is 17.2 Å². The second-order valence-electron chi connectivity index (χ2n) is 9.01. The van der Waals surface area contributed by atoms with Gasteiger partial charge in [0.05, 0.1) is 24.5 Å². The lowest BCUT2D eigenvalue weighted by molar-refractivity contribution is -0.116. The number of rotatable bonds is 5. The molecule has 166 valence electrons. The first-order chi connectivity index (χ1) is 15.1. The Morgan fingerprint density at radius 3 is 2.53 bits per heavy atom. The van der Waals surface area contributed by atoms with E-state index in [1.165, 1.54) is 27.8 Å². The van der Waals surface area contributed by atoms with E-state index in [0.29, 0.717) is 22.6 Å². The van der Waals surface area contributed by atoms with Crippen molar-refractivity contribution in [2.24, 2.45) is 0 Å². The topological polar surface area (TPSA) is 81.8 Å². The number of carbonyl (C=O) groups is 1. The molecule has 0 radical (unpaired) electrons. The number of hydrogen-bond donors (Lipinski definition) is 1. The largest absolute Gasteiger partial charge is 0.309 e. The van der Waals surface area contributed by atoms with Crippen LogP contribution < -0.4 is 10.9 Å². The minimum atomic E-state index is -0.303. The molecule has 32 heavy (non-hydrogen) atoms. The van der Waals surface area contributed by atoms with Crippen molar-refractivity contribution in [3.8, 4) is 0 Å². The highest BCUT2D eigenvalue weighted by Gasteiger charge is 2.16. The predicted molar refractivity (Wildman–Crippen MR) is 128 cm³/mol. The molecule has 0 fully saturated rings. The average molecular weight is 450 g/mol. The Morgan fingerprint density at radius 2 is 1.84 bits per heavy atom. The summed E-state index contributed by atoms with van der Waals surface area (Å²) in [6.45, 7) is 10.9. The molecule has 1 amide bonds. The fourth-order valence-corrected chi connectivity index (χ4v) is 4.56. The van der Waals surface area contributed by atoms with Crippen molar-refractivity contribution in [3.05, 3.63) is 74.8 Å². The zero-order valence-corrected chi connectivity index (χ0v) is 19.8. The van der Waals surface area contributed by atoms with Crippen molar-refractivity contribution in [2.45, 2.75) is 53.1 Å². The zero-order valence-electron chi connectivity index (χ0n) is 19.0. The van der Waals surface area contributed by atoms with Crippen LogP contribution in [-0.2, 0) is 23.3 Å². The highest BCUT2D eigenvalue weighted by Crippen LogP contribution is 2.25. The normalized spacial score (nSPS) is 11.8. The number of fused-ring (bicyclic) bond motifs is 1. The van der Waals surface area contributed by atoms with E-state index in [1.807, 2.05) is 13.8 Å². The number of hydrogen-bond acceptors (Lipinski definition) is 5. The Labute approximate surface area is 190 Å². The molecular formula is C24H27N5O2S. The number of aromatic nitrogens is 4. The van der Waals surface area contributed by atoms with E-state index in [9.17, 15) is 9.59 Å². The standard InChI is InChI=1S/C24H27N5O2S/c1-15-16(2)32-22-21(15)23(31)28(14-25-22)13-20(30)27-19-10-11-26-29(19)12-17-6-8-18(9-7-17)24(3,4)5/h6-11,14H,12-13H2,1-5H3,(H,27,30). The van der Waals surface area contributed by atoms with Gasteiger partial charge in [0, 0.05) is 10.9 Å². The Morgan fingerprint density at radius 1 is 1.12 bits per heavy atom. The molecule has 0 unspecified atom stereocenters. The molecule has 4 rings (SSSR count). The summed E-state index contributed by atoms with van der Waals surface area (Å²) >= 11 is 1.49. The van der Waals surface area contributed by atoms with Crippen molar-refractivity contribution in [1.82, 2.24) is 19.3 Å². The fraction of sp³-hybridized carbons (Fsp3) is 0.333. The van der Waals surface area contributed by atoms with Crippen LogP contribution in [0, 0.1) is 13.8 Å². The van der Waals surface area contributed by atoms with E-state index in [-0.39, 0.29) is 23.4 Å². The third-order valence-corrected chi connectivity index (χ3v) is 6.72. The number of anilines is 1. The van der Waals surface area contributed by atoms with Crippen molar-refractivity contribution in [1.29, 1.82) is 0 Å². The molecular weight excluding hydrogens is 422 g/mol. The van der Waals surface area contributed by atoms with Gasteiger partial charge >= 0.3 is 0 Å². The molecule has 0 atom stereocenters. The number of benzene rings is 1. The third kappa shape index (κ3) is 4.36. The second-order valence-corrected chi connectivity index (χ2v) is 10.2. The van der Waals surface area contributed by atoms with Gasteiger partial charge in [0.15, 0.2) is 0 Å². The lowest BCUT2D eigenvalue weighted by Gasteiger charge is -2.19. The average Bonchev–Trinajstić information content (AvgIpc) is 3.28. The van der Waals surface area contributed by atoms with Gasteiger partial charge in [-0.3, -0.25) is 14.2 Å². The zero-order chi connectivity index (χ0) is 23.0. The van der Waals surface area contributed by atoms with Gasteiger partial charge in [-0.15, -0.1) is 11.3 Å². The molecule has 4 aromatic rings. The van der Waals surface area contributed by atoms with Crippen molar-refractivity contribution in [2.75, 3.05) is 5.32 Å². The van der Waals surface area contributed by atoms with Gasteiger partial charge in [0.25, 0.3) is 5.56 Å². The van der Waals surface area contributed by atoms with Crippen LogP contribution in [0.2, 0.25) is 0 Å². The first kappa shape index (κ1) is 22.0. The molecule has 3 aromatic heterocycles. The number of nitrogens with one attached hydrogen (secondary N) is 1. The Balaban J connectivity index is 1.48. The first-order valence-corrected chi connectivity index (χ1v) is 11.3. The molecule has 0 aliphatic rings. The van der Waals surface area contributed by atoms with Gasteiger partial charge in [-0.2, -0.15) is 5.10 Å². The molecule has 0 aliphatic heterocycles. The first-order valence-electron chi connectivity index (χ1n) is 10.5. The lowest BCUT2D eigenvalue weighted by Crippen LogP contribution is -2.28. The van der Waals surface area contributed by atoms with Crippen LogP contribution >= 0.6 is 11.3 Å². The van der Waals surface area contributed by atoms with E-state index < -0.39 is 0 Å². The maximum atomic E-state index is 12.8. The fourth-order valence-electron chi connectivity index (χ4n) is 3.57. The van der Waals surface area contributed by atoms with Gasteiger partial charge in [-0.1, -0.05) is 45.0 Å². The summed E-state index contributed by atoms with van der Waals surface area (Å²) in [5.74, 6) is 0.280. The number of amides is 1. The molecule has 1 N–H and O–H groups in total. The summed E-state index contributed by atoms with van der Waals surface area (Å²) in [6, 6.07) is 10.2. The van der Waals surface area contributed by atoms with Crippen LogP contribution in [0.15, 0.2) is 47.7 Å². The summed E-state index contributed by atoms with van der Waals surface area (Å²) in [4.78, 5) is 31.6. The Kier molecular flexibility index (Phi) is 5.73. The van der Waals surface area contributed by atoms with Crippen LogP contribution in [0.5, 0.6) is 0 Å². The van der Waals surface area contributed by atoms with Crippen molar-refractivity contribution >= 4 is 33.3 Å². The molecule has 1 aromatic carbocycles. The van der Waals surface area contributed by atoms with E-state index in [0.717, 1.165) is 16.0 Å². The van der Waals surface area contributed by atoms with Gasteiger partial charge in [-0.05, 0) is 36.0 Å². The second kappa shape index (κ2) is 8.35. The Hall–Kier alpha value is -3.26. The third-order valence-electron chi connectivity index (χ3n) is 5.61. The molecule has 0 bridgehead atoms. The van der Waals surface area contributed by atoms with Crippen LogP contribution in [0.3, 0.4) is 0 Å². The van der Waals surface area contributed by atoms with Crippen molar-refractivity contribution in [3.63, 3.8) is 0 Å². The number of thiophene rings is 1. The molecule has 0 aliphatic carbocycles. The minimum Gasteiger partial charge on any atom is -0.309 e. The quantitative estimate of drug-likeness (QED) is 0.494. The molecule has 3 heterocycles. The highest BCUT2D eigenvalue weighted by atomic mass is 32.1. The molecule has 8 heteroatoms. The molecule has 0 spiro atoms. The monoisotopic (exact) mass is 449 g/mol. The van der Waals surface area contributed by atoms with E-state index in [2.05, 4.69) is 60.4 Å². The minimum absolute atomic E-state index is 0.0968. The van der Waals surface area contributed by atoms with Crippen LogP contribution in [0.1, 0.15) is 42.3 Å². The van der Waals surface area contributed by atoms with Crippen LogP contribution in [-0.4, -0.2) is 25.2 Å². The number of carbonyl (C=O) groups excluding carboxylic acids is 1. The van der Waals surface area contributed by atoms with E-state index in [1.54, 1.807) is 16.9 Å². The van der Waals surface area contributed by atoms with Gasteiger partial charge < -0.3 is 5.32 Å². The number of aryl methyl sites for hydroxylation is 2. The van der Waals surface area contributed by atoms with Crippen LogP contribution in [0.4, 0.5) is 5.82 Å². The maximum absolute atomic E-state index is 12.8. The van der Waals surface area contributed by atoms with E-state index >= 15 is 0 Å². The molecule has 7 nitrogen and oxygen atoms in total. The highest BCUT2D eigenvalue weighted by molar-refractivity contribution is 7.18. The van der Waals surface area contributed by atoms with Crippen molar-refractivity contribution < 1.29 is 4.79 Å². The maximum Gasteiger partial charge on any atom is 0.262 e. The summed E-state index contributed by atoms with van der Waals surface area (Å²) in [7, 11) is 0.